The molecule has 0 atom stereocenters. The largest absolute Gasteiger partial charge is 0.405 e. The molecule has 2 aromatic heterocycles. The van der Waals surface area contributed by atoms with E-state index in [1.807, 2.05) is 25.1 Å². The zero-order chi connectivity index (χ0) is 17.9. The molecule has 3 heterocycles. The average Bonchev–Trinajstić information content (AvgIpc) is 3.13. The molecule has 0 bridgehead atoms. The summed E-state index contributed by atoms with van der Waals surface area (Å²) in [6.45, 7) is 5.39. The number of azo groups is 1. The van der Waals surface area contributed by atoms with Gasteiger partial charge in [0.2, 0.25) is 11.5 Å². The van der Waals surface area contributed by atoms with E-state index in [1.165, 1.54) is 0 Å². The van der Waals surface area contributed by atoms with E-state index in [1.54, 1.807) is 6.33 Å². The summed E-state index contributed by atoms with van der Waals surface area (Å²) in [5.41, 5.74) is 10.3. The van der Waals surface area contributed by atoms with Gasteiger partial charge >= 0.3 is 5.95 Å². The van der Waals surface area contributed by atoms with Gasteiger partial charge < -0.3 is 20.4 Å². The van der Waals surface area contributed by atoms with Crippen molar-refractivity contribution in [1.29, 1.82) is 0 Å². The molecule has 9 nitrogen and oxygen atoms in total. The number of anilines is 2. The van der Waals surface area contributed by atoms with Crippen molar-refractivity contribution in [2.75, 3.05) is 36.9 Å². The highest BCUT2D eigenvalue weighted by molar-refractivity contribution is 5.81. The van der Waals surface area contributed by atoms with Crippen LogP contribution in [0.1, 0.15) is 11.1 Å². The second kappa shape index (κ2) is 7.04. The molecular weight excluding hydrogens is 332 g/mol. The Kier molecular flexibility index (Phi) is 4.44. The number of nitrogen functional groups attached to an aromatic ring is 1. The number of ether oxygens (including phenoxy) is 1. The minimum atomic E-state index is 0.397. The number of hydrogen-bond acceptors (Lipinski definition) is 7. The molecule has 1 aliphatic heterocycles. The second-order valence-electron chi connectivity index (χ2n) is 6.21. The zero-order valence-electron chi connectivity index (χ0n) is 14.6. The lowest BCUT2D eigenvalue weighted by atomic mass is 10.1. The molecule has 1 aromatic carbocycles. The monoisotopic (exact) mass is 353 g/mol. The number of aryl methyl sites for hydroxylation is 1. The molecule has 0 saturated carbocycles. The maximum Gasteiger partial charge on any atom is 0.405 e. The number of benzene rings is 1. The van der Waals surface area contributed by atoms with Crippen LogP contribution in [0.2, 0.25) is 0 Å². The van der Waals surface area contributed by atoms with Crippen molar-refractivity contribution in [3.8, 4) is 0 Å². The second-order valence-corrected chi connectivity index (χ2v) is 6.21. The first-order chi connectivity index (χ1) is 12.7. The van der Waals surface area contributed by atoms with Gasteiger partial charge in [0, 0.05) is 10.8 Å². The maximum atomic E-state index is 5.99. The normalized spacial score (nSPS) is 15.2. The van der Waals surface area contributed by atoms with Crippen molar-refractivity contribution < 1.29 is 9.72 Å². The molecule has 0 aliphatic carbocycles. The van der Waals surface area contributed by atoms with Crippen LogP contribution < -0.4 is 15.6 Å². The molecule has 26 heavy (non-hydrogen) atoms. The highest BCUT2D eigenvalue weighted by Gasteiger charge is 2.23. The Hall–Kier alpha value is -3.07. The number of nitrogens with two attached hydrogens (primary N) is 1. The van der Waals surface area contributed by atoms with Gasteiger partial charge in [0.1, 0.15) is 0 Å². The van der Waals surface area contributed by atoms with Gasteiger partial charge in [0.25, 0.3) is 0 Å². The Morgan fingerprint density at radius 1 is 1.35 bits per heavy atom. The molecule has 0 radical (unpaired) electrons. The van der Waals surface area contributed by atoms with Crippen molar-refractivity contribution in [3.05, 3.63) is 35.7 Å². The van der Waals surface area contributed by atoms with Gasteiger partial charge in [-0.25, -0.2) is 9.97 Å². The Morgan fingerprint density at radius 3 is 3.04 bits per heavy atom. The van der Waals surface area contributed by atoms with Gasteiger partial charge in [0.15, 0.2) is 5.52 Å². The molecule has 134 valence electrons. The van der Waals surface area contributed by atoms with Crippen LogP contribution in [-0.4, -0.2) is 41.3 Å². The number of fused-ring (bicyclic) bond motifs is 1. The van der Waals surface area contributed by atoms with Crippen molar-refractivity contribution >= 4 is 28.6 Å². The van der Waals surface area contributed by atoms with E-state index in [0.717, 1.165) is 35.6 Å². The summed E-state index contributed by atoms with van der Waals surface area (Å²) in [4.78, 5) is 17.3. The fourth-order valence-electron chi connectivity index (χ4n) is 2.96. The topological polar surface area (TPSA) is 119 Å². The number of aromatic nitrogens is 4. The summed E-state index contributed by atoms with van der Waals surface area (Å²) in [6.07, 6.45) is 1.63. The summed E-state index contributed by atoms with van der Waals surface area (Å²) >= 11 is 0. The fourth-order valence-corrected chi connectivity index (χ4v) is 2.96. The highest BCUT2D eigenvalue weighted by Crippen LogP contribution is 2.21. The van der Waals surface area contributed by atoms with Crippen LogP contribution in [0.15, 0.2) is 34.8 Å². The predicted molar refractivity (Wildman–Crippen MR) is 97.3 cm³/mol. The van der Waals surface area contributed by atoms with E-state index in [-0.39, 0.29) is 0 Å². The summed E-state index contributed by atoms with van der Waals surface area (Å²) in [7, 11) is 0. The van der Waals surface area contributed by atoms with Crippen LogP contribution >= 0.6 is 0 Å². The first-order valence-electron chi connectivity index (χ1n) is 8.52. The molecule has 4 rings (SSSR count). The first kappa shape index (κ1) is 16.4. The minimum absolute atomic E-state index is 0.397. The molecule has 0 amide bonds. The van der Waals surface area contributed by atoms with E-state index in [9.17, 15) is 0 Å². The van der Waals surface area contributed by atoms with E-state index in [0.29, 0.717) is 37.0 Å². The van der Waals surface area contributed by atoms with Gasteiger partial charge in [-0.2, -0.15) is 0 Å². The van der Waals surface area contributed by atoms with Crippen molar-refractivity contribution in [2.45, 2.75) is 13.5 Å². The number of H-pyrrole nitrogens is 2. The molecule has 4 N–H and O–H groups in total. The molecule has 0 unspecified atom stereocenters. The van der Waals surface area contributed by atoms with Crippen LogP contribution in [0, 0.1) is 6.92 Å². The molecule has 0 spiro atoms. The van der Waals surface area contributed by atoms with E-state index < -0.39 is 0 Å². The highest BCUT2D eigenvalue weighted by atomic mass is 16.5. The van der Waals surface area contributed by atoms with Crippen LogP contribution in [0.25, 0.3) is 11.2 Å². The number of imidazole rings is 1. The van der Waals surface area contributed by atoms with Crippen LogP contribution in [0.5, 0.6) is 0 Å². The average molecular weight is 353 g/mol. The number of aromatic amines is 2. The fraction of sp³-hybridized carbons (Fsp3) is 0.353. The van der Waals surface area contributed by atoms with Gasteiger partial charge in [-0.1, -0.05) is 22.7 Å². The third-order valence-electron chi connectivity index (χ3n) is 4.33. The van der Waals surface area contributed by atoms with Crippen molar-refractivity contribution in [1.82, 2.24) is 15.0 Å². The summed E-state index contributed by atoms with van der Waals surface area (Å²) in [5, 5.41) is 8.51. The third kappa shape index (κ3) is 3.33. The zero-order valence-corrected chi connectivity index (χ0v) is 14.6. The Bertz CT molecular complexity index is 945. The lowest BCUT2D eigenvalue weighted by Crippen LogP contribution is -2.39. The van der Waals surface area contributed by atoms with E-state index in [4.69, 9.17) is 10.5 Å². The van der Waals surface area contributed by atoms with Crippen LogP contribution in [0.3, 0.4) is 0 Å². The predicted octanol–water partition coefficient (Wildman–Crippen LogP) is 1.78. The summed E-state index contributed by atoms with van der Waals surface area (Å²) in [6, 6.07) is 5.88. The standard InChI is InChI=1S/C17H20N8O/c1-11-2-3-13(18)12(8-11)9-21-24-17-22-15-14(19-10-20-15)16(23-17)25-4-6-26-7-5-25/h2-3,8,10H,4-7,9,18H2,1H3,(H,19,20,22,23)/p+1. The third-order valence-corrected chi connectivity index (χ3v) is 4.33. The minimum Gasteiger partial charge on any atom is -0.398 e. The lowest BCUT2D eigenvalue weighted by molar-refractivity contribution is -0.352. The van der Waals surface area contributed by atoms with Gasteiger partial charge in [-0.05, 0) is 18.6 Å². The van der Waals surface area contributed by atoms with Crippen molar-refractivity contribution in [3.63, 3.8) is 0 Å². The Morgan fingerprint density at radius 2 is 2.19 bits per heavy atom. The number of hydrogen-bond donors (Lipinski definition) is 2. The van der Waals surface area contributed by atoms with Gasteiger partial charge in [0.05, 0.1) is 39.2 Å². The Labute approximate surface area is 150 Å². The van der Waals surface area contributed by atoms with Crippen LogP contribution in [-0.2, 0) is 11.3 Å². The molecule has 9 heteroatoms. The maximum absolute atomic E-state index is 5.99. The molecule has 1 saturated heterocycles. The van der Waals surface area contributed by atoms with E-state index in [2.05, 4.69) is 35.1 Å². The molecule has 1 fully saturated rings. The SMILES string of the molecule is Cc1ccc(N)c(CN=Nc2nc3nc[nH]c3c(N3CCOCC3)[nH+]2)c1. The van der Waals surface area contributed by atoms with Gasteiger partial charge in [-0.15, -0.1) is 5.11 Å². The molecule has 1 aliphatic rings. The van der Waals surface area contributed by atoms with Crippen LogP contribution in [0.4, 0.5) is 17.5 Å². The number of nitrogens with zero attached hydrogens (tertiary/aromatic N) is 5. The number of nitrogens with one attached hydrogen (secondary N) is 2. The quantitative estimate of drug-likeness (QED) is 0.547. The lowest BCUT2D eigenvalue weighted by Gasteiger charge is -2.24. The first-order valence-corrected chi connectivity index (χ1v) is 8.52. The molecule has 3 aromatic rings. The number of morpholine rings is 1. The Balaban J connectivity index is 1.61. The number of rotatable bonds is 4. The molecular formula is C17H21N8O+. The van der Waals surface area contributed by atoms with Gasteiger partial charge in [-0.3, -0.25) is 0 Å². The van der Waals surface area contributed by atoms with E-state index >= 15 is 0 Å². The smallest absolute Gasteiger partial charge is 0.398 e. The van der Waals surface area contributed by atoms with Crippen molar-refractivity contribution in [2.24, 2.45) is 10.2 Å². The summed E-state index contributed by atoms with van der Waals surface area (Å²) in [5.74, 6) is 1.32. The summed E-state index contributed by atoms with van der Waals surface area (Å²) < 4.78 is 5.43.